The first-order chi connectivity index (χ1) is 5.42. The Morgan fingerprint density at radius 3 is 3.36 bits per heavy atom. The molecule has 2 rings (SSSR count). The zero-order valence-corrected chi connectivity index (χ0v) is 6.42. The van der Waals surface area contributed by atoms with Crippen LogP contribution in [0.25, 0.3) is 0 Å². The summed E-state index contributed by atoms with van der Waals surface area (Å²) in [6.07, 6.45) is 6.15. The summed E-state index contributed by atoms with van der Waals surface area (Å²) in [4.78, 5) is 0. The van der Waals surface area contributed by atoms with Crippen LogP contribution in [0.4, 0.5) is 0 Å². The average Bonchev–Trinajstić information content (AvgIpc) is 2.47. The lowest BCUT2D eigenvalue weighted by Crippen LogP contribution is -2.05. The molecule has 60 valence electrons. The van der Waals surface area contributed by atoms with Crippen LogP contribution in [0.3, 0.4) is 0 Å². The number of hydrogen-bond acceptors (Lipinski definition) is 2. The summed E-state index contributed by atoms with van der Waals surface area (Å²) in [5.41, 5.74) is 1.22. The summed E-state index contributed by atoms with van der Waals surface area (Å²) < 4.78 is 5.42. The van der Waals surface area contributed by atoms with Gasteiger partial charge in [-0.1, -0.05) is 6.08 Å². The van der Waals surface area contributed by atoms with Crippen LogP contribution in [-0.4, -0.2) is 18.3 Å². The normalized spacial score (nSPS) is 28.6. The van der Waals surface area contributed by atoms with E-state index in [0.717, 1.165) is 18.6 Å². The van der Waals surface area contributed by atoms with Crippen molar-refractivity contribution in [1.82, 2.24) is 0 Å². The minimum absolute atomic E-state index is 0.256. The smallest absolute Gasteiger partial charge is 0.106 e. The lowest BCUT2D eigenvalue weighted by molar-refractivity contribution is 0.234. The topological polar surface area (TPSA) is 29.5 Å². The van der Waals surface area contributed by atoms with Gasteiger partial charge in [-0.2, -0.15) is 0 Å². The van der Waals surface area contributed by atoms with Crippen molar-refractivity contribution in [3.05, 3.63) is 23.5 Å². The van der Waals surface area contributed by atoms with Crippen molar-refractivity contribution < 1.29 is 9.84 Å². The van der Waals surface area contributed by atoms with Gasteiger partial charge in [0.05, 0.1) is 12.4 Å². The van der Waals surface area contributed by atoms with Gasteiger partial charge in [0.1, 0.15) is 6.61 Å². The minimum atomic E-state index is 0.256. The molecule has 0 aromatic carbocycles. The predicted octanol–water partition coefficient (Wildman–Crippen LogP) is 1.23. The standard InChI is InChI=1S/C9H12O2/c10-6-7-3-4-9-8(7)2-1-5-11-9/h1-2,7,10H,3-6H2/t7-/m1/s1. The van der Waals surface area contributed by atoms with E-state index in [1.165, 1.54) is 5.57 Å². The maximum absolute atomic E-state index is 8.98. The van der Waals surface area contributed by atoms with Crippen LogP contribution in [0, 0.1) is 5.92 Å². The van der Waals surface area contributed by atoms with Gasteiger partial charge in [-0.15, -0.1) is 0 Å². The van der Waals surface area contributed by atoms with Crippen LogP contribution < -0.4 is 0 Å². The zero-order valence-electron chi connectivity index (χ0n) is 6.42. The molecule has 0 fully saturated rings. The van der Waals surface area contributed by atoms with E-state index in [0.29, 0.717) is 12.5 Å². The predicted molar refractivity (Wildman–Crippen MR) is 41.9 cm³/mol. The van der Waals surface area contributed by atoms with Gasteiger partial charge in [-0.3, -0.25) is 0 Å². The second kappa shape index (κ2) is 2.70. The molecule has 2 aliphatic rings. The second-order valence-corrected chi connectivity index (χ2v) is 3.01. The van der Waals surface area contributed by atoms with Crippen molar-refractivity contribution in [1.29, 1.82) is 0 Å². The fraction of sp³-hybridized carbons (Fsp3) is 0.556. The molecule has 0 amide bonds. The van der Waals surface area contributed by atoms with Gasteiger partial charge in [-0.25, -0.2) is 0 Å². The quantitative estimate of drug-likeness (QED) is 0.612. The first kappa shape index (κ1) is 6.92. The molecule has 0 spiro atoms. The molecule has 1 atom stereocenters. The SMILES string of the molecule is OC[C@H]1CCC2=C1C=CCO2. The third-order valence-corrected chi connectivity index (χ3v) is 2.35. The van der Waals surface area contributed by atoms with Crippen LogP contribution in [0.15, 0.2) is 23.5 Å². The number of hydrogen-bond donors (Lipinski definition) is 1. The first-order valence-electron chi connectivity index (χ1n) is 4.05. The minimum Gasteiger partial charge on any atom is -0.494 e. The van der Waals surface area contributed by atoms with Gasteiger partial charge in [0.2, 0.25) is 0 Å². The van der Waals surface area contributed by atoms with E-state index >= 15 is 0 Å². The maximum atomic E-state index is 8.98. The molecule has 0 saturated heterocycles. The van der Waals surface area contributed by atoms with Crippen molar-refractivity contribution in [3.8, 4) is 0 Å². The van der Waals surface area contributed by atoms with E-state index in [1.807, 2.05) is 6.08 Å². The molecule has 1 heterocycles. The van der Waals surface area contributed by atoms with Gasteiger partial charge in [0, 0.05) is 12.3 Å². The lowest BCUT2D eigenvalue weighted by Gasteiger charge is -2.12. The highest BCUT2D eigenvalue weighted by Crippen LogP contribution is 2.34. The van der Waals surface area contributed by atoms with Crippen LogP contribution in [0.2, 0.25) is 0 Å². The Morgan fingerprint density at radius 1 is 1.64 bits per heavy atom. The molecule has 1 aliphatic carbocycles. The van der Waals surface area contributed by atoms with Gasteiger partial charge in [-0.05, 0) is 18.1 Å². The monoisotopic (exact) mass is 152 g/mol. The largest absolute Gasteiger partial charge is 0.494 e. The molecule has 1 aliphatic heterocycles. The molecule has 2 nitrogen and oxygen atoms in total. The van der Waals surface area contributed by atoms with Gasteiger partial charge < -0.3 is 9.84 Å². The van der Waals surface area contributed by atoms with Crippen LogP contribution in [0.1, 0.15) is 12.8 Å². The van der Waals surface area contributed by atoms with Crippen molar-refractivity contribution in [3.63, 3.8) is 0 Å². The summed E-state index contributed by atoms with van der Waals surface area (Å²) in [6.45, 7) is 0.962. The van der Waals surface area contributed by atoms with E-state index in [-0.39, 0.29) is 6.61 Å². The molecule has 0 aromatic heterocycles. The zero-order chi connectivity index (χ0) is 7.68. The fourth-order valence-electron chi connectivity index (χ4n) is 1.73. The number of rotatable bonds is 1. The molecular weight excluding hydrogens is 140 g/mol. The Morgan fingerprint density at radius 2 is 2.55 bits per heavy atom. The molecule has 0 unspecified atom stereocenters. The molecular formula is C9H12O2. The van der Waals surface area contributed by atoms with E-state index in [9.17, 15) is 0 Å². The molecule has 1 N–H and O–H groups in total. The van der Waals surface area contributed by atoms with Crippen LogP contribution in [-0.2, 0) is 4.74 Å². The number of aliphatic hydroxyl groups is 1. The Bertz CT molecular complexity index is 216. The highest BCUT2D eigenvalue weighted by atomic mass is 16.5. The molecule has 0 saturated carbocycles. The highest BCUT2D eigenvalue weighted by molar-refractivity contribution is 5.31. The molecule has 0 radical (unpaired) electrons. The molecule has 0 aromatic rings. The number of allylic oxidation sites excluding steroid dienone is 2. The van der Waals surface area contributed by atoms with Crippen LogP contribution in [0.5, 0.6) is 0 Å². The van der Waals surface area contributed by atoms with E-state index in [1.54, 1.807) is 0 Å². The molecule has 0 bridgehead atoms. The number of ether oxygens (including phenoxy) is 1. The lowest BCUT2D eigenvalue weighted by atomic mass is 10.0. The highest BCUT2D eigenvalue weighted by Gasteiger charge is 2.25. The maximum Gasteiger partial charge on any atom is 0.106 e. The molecule has 11 heavy (non-hydrogen) atoms. The second-order valence-electron chi connectivity index (χ2n) is 3.01. The average molecular weight is 152 g/mol. The Labute approximate surface area is 66.2 Å². The van der Waals surface area contributed by atoms with Crippen molar-refractivity contribution in [2.45, 2.75) is 12.8 Å². The Hall–Kier alpha value is -0.760. The first-order valence-corrected chi connectivity index (χ1v) is 4.05. The summed E-state index contributed by atoms with van der Waals surface area (Å²) >= 11 is 0. The van der Waals surface area contributed by atoms with E-state index in [4.69, 9.17) is 9.84 Å². The summed E-state index contributed by atoms with van der Waals surface area (Å²) in [5, 5.41) is 8.98. The van der Waals surface area contributed by atoms with Gasteiger partial charge in [0.15, 0.2) is 0 Å². The fourth-order valence-corrected chi connectivity index (χ4v) is 1.73. The van der Waals surface area contributed by atoms with E-state index in [2.05, 4.69) is 6.08 Å². The number of aliphatic hydroxyl groups excluding tert-OH is 1. The summed E-state index contributed by atoms with van der Waals surface area (Å²) in [6, 6.07) is 0. The summed E-state index contributed by atoms with van der Waals surface area (Å²) in [5.74, 6) is 1.44. The van der Waals surface area contributed by atoms with E-state index < -0.39 is 0 Å². The summed E-state index contributed by atoms with van der Waals surface area (Å²) in [7, 11) is 0. The third-order valence-electron chi connectivity index (χ3n) is 2.35. The van der Waals surface area contributed by atoms with Crippen molar-refractivity contribution in [2.24, 2.45) is 5.92 Å². The van der Waals surface area contributed by atoms with Gasteiger partial charge >= 0.3 is 0 Å². The van der Waals surface area contributed by atoms with Crippen LogP contribution >= 0.6 is 0 Å². The Kier molecular flexibility index (Phi) is 1.70. The third kappa shape index (κ3) is 1.07. The van der Waals surface area contributed by atoms with Crippen molar-refractivity contribution >= 4 is 0 Å². The Balaban J connectivity index is 2.22. The van der Waals surface area contributed by atoms with Gasteiger partial charge in [0.25, 0.3) is 0 Å². The van der Waals surface area contributed by atoms with Crippen molar-refractivity contribution in [2.75, 3.05) is 13.2 Å². The molecule has 2 heteroatoms.